The number of Topliss-reactive ketones (excluding diaryl/α,β-unsaturated/α-hetero) is 1. The van der Waals surface area contributed by atoms with Gasteiger partial charge >= 0.3 is 0 Å². The van der Waals surface area contributed by atoms with E-state index in [0.29, 0.717) is 6.54 Å². The molecule has 2 aromatic carbocycles. The van der Waals surface area contributed by atoms with Crippen molar-refractivity contribution in [3.05, 3.63) is 102 Å². The summed E-state index contributed by atoms with van der Waals surface area (Å²) in [4.78, 5) is 21.0. The van der Waals surface area contributed by atoms with E-state index in [9.17, 15) is 4.79 Å². The predicted molar refractivity (Wildman–Crippen MR) is 112 cm³/mol. The Morgan fingerprint density at radius 2 is 1.93 bits per heavy atom. The molecule has 0 radical (unpaired) electrons. The molecule has 28 heavy (non-hydrogen) atoms. The molecule has 2 aromatic heterocycles. The summed E-state index contributed by atoms with van der Waals surface area (Å²) in [6.45, 7) is 2.70. The lowest BCUT2D eigenvalue weighted by atomic mass is 9.96. The zero-order chi connectivity index (χ0) is 19.3. The third-order valence-electron chi connectivity index (χ3n) is 5.08. The molecule has 2 N–H and O–H groups in total. The molecule has 0 amide bonds. The first-order chi connectivity index (χ1) is 13.8. The SMILES string of the molecule is CCc1cccc2c(C(=O)C(NCc3cccnc3)c3ccccc3)c[nH]c12. The fourth-order valence-corrected chi connectivity index (χ4v) is 3.60. The monoisotopic (exact) mass is 369 g/mol. The molecule has 0 aliphatic carbocycles. The van der Waals surface area contributed by atoms with Crippen LogP contribution in [0.25, 0.3) is 10.9 Å². The molecule has 1 unspecified atom stereocenters. The Bertz CT molecular complexity index is 1070. The fourth-order valence-electron chi connectivity index (χ4n) is 3.60. The number of rotatable bonds is 7. The normalized spacial score (nSPS) is 12.2. The molecule has 0 aliphatic heterocycles. The molecule has 0 fully saturated rings. The fraction of sp³-hybridized carbons (Fsp3) is 0.167. The summed E-state index contributed by atoms with van der Waals surface area (Å²) < 4.78 is 0. The third-order valence-corrected chi connectivity index (χ3v) is 5.08. The molecule has 4 nitrogen and oxygen atoms in total. The minimum absolute atomic E-state index is 0.0644. The number of aromatic amines is 1. The van der Waals surface area contributed by atoms with Crippen molar-refractivity contribution in [1.82, 2.24) is 15.3 Å². The maximum absolute atomic E-state index is 13.5. The third kappa shape index (κ3) is 3.59. The largest absolute Gasteiger partial charge is 0.360 e. The Hall–Kier alpha value is -3.24. The molecule has 4 rings (SSSR count). The molecule has 0 saturated carbocycles. The maximum Gasteiger partial charge on any atom is 0.186 e. The second-order valence-corrected chi connectivity index (χ2v) is 6.85. The average molecular weight is 369 g/mol. The van der Waals surface area contributed by atoms with Gasteiger partial charge in [0.15, 0.2) is 5.78 Å². The number of nitrogens with one attached hydrogen (secondary N) is 2. The number of nitrogens with zero attached hydrogens (tertiary/aromatic N) is 1. The topological polar surface area (TPSA) is 57.8 Å². The van der Waals surface area contributed by atoms with Crippen LogP contribution in [-0.4, -0.2) is 15.8 Å². The molecule has 1 atom stereocenters. The Labute approximate surface area is 164 Å². The van der Waals surface area contributed by atoms with Crippen molar-refractivity contribution in [3.63, 3.8) is 0 Å². The molecular weight excluding hydrogens is 346 g/mol. The second-order valence-electron chi connectivity index (χ2n) is 6.85. The second kappa shape index (κ2) is 8.19. The zero-order valence-electron chi connectivity index (χ0n) is 15.9. The van der Waals surface area contributed by atoms with Crippen molar-refractivity contribution >= 4 is 16.7 Å². The molecule has 2 heterocycles. The standard InChI is InChI=1S/C24H23N3O/c1-2-18-11-6-12-20-21(16-27-22(18)20)24(28)23(19-9-4-3-5-10-19)26-15-17-8-7-13-25-14-17/h3-14,16,23,26-27H,2,15H2,1H3. The number of fused-ring (bicyclic) bond motifs is 1. The highest BCUT2D eigenvalue weighted by Gasteiger charge is 2.24. The summed E-state index contributed by atoms with van der Waals surface area (Å²) in [5, 5.41) is 4.41. The van der Waals surface area contributed by atoms with E-state index in [1.165, 1.54) is 5.56 Å². The number of pyridine rings is 1. The van der Waals surface area contributed by atoms with Crippen molar-refractivity contribution in [1.29, 1.82) is 0 Å². The first-order valence-electron chi connectivity index (χ1n) is 9.58. The van der Waals surface area contributed by atoms with Gasteiger partial charge in [-0.2, -0.15) is 0 Å². The quantitative estimate of drug-likeness (QED) is 0.458. The number of aryl methyl sites for hydroxylation is 1. The Morgan fingerprint density at radius 1 is 1.07 bits per heavy atom. The van der Waals surface area contributed by atoms with E-state index in [-0.39, 0.29) is 5.78 Å². The van der Waals surface area contributed by atoms with Crippen LogP contribution in [0.2, 0.25) is 0 Å². The van der Waals surface area contributed by atoms with Gasteiger partial charge in [-0.1, -0.05) is 61.5 Å². The maximum atomic E-state index is 13.5. The van der Waals surface area contributed by atoms with Gasteiger partial charge in [0.1, 0.15) is 0 Å². The van der Waals surface area contributed by atoms with Crippen LogP contribution in [0.5, 0.6) is 0 Å². The van der Waals surface area contributed by atoms with Gasteiger partial charge in [-0.25, -0.2) is 0 Å². The minimum atomic E-state index is -0.425. The number of carbonyl (C=O) groups excluding carboxylic acids is 1. The van der Waals surface area contributed by atoms with Crippen LogP contribution < -0.4 is 5.32 Å². The number of H-pyrrole nitrogens is 1. The summed E-state index contributed by atoms with van der Waals surface area (Å²) in [6.07, 6.45) is 6.33. The van der Waals surface area contributed by atoms with Crippen LogP contribution in [0, 0.1) is 0 Å². The summed E-state index contributed by atoms with van der Waals surface area (Å²) >= 11 is 0. The average Bonchev–Trinajstić information content (AvgIpc) is 3.19. The van der Waals surface area contributed by atoms with Crippen LogP contribution >= 0.6 is 0 Å². The van der Waals surface area contributed by atoms with Crippen molar-refractivity contribution in [2.75, 3.05) is 0 Å². The molecule has 4 heteroatoms. The minimum Gasteiger partial charge on any atom is -0.360 e. The summed E-state index contributed by atoms with van der Waals surface area (Å²) in [5.74, 6) is 0.0644. The molecule has 0 bridgehead atoms. The van der Waals surface area contributed by atoms with Crippen LogP contribution in [0.3, 0.4) is 0 Å². The van der Waals surface area contributed by atoms with Crippen molar-refractivity contribution < 1.29 is 4.79 Å². The molecule has 4 aromatic rings. The van der Waals surface area contributed by atoms with Crippen molar-refractivity contribution in [3.8, 4) is 0 Å². The number of aromatic nitrogens is 2. The van der Waals surface area contributed by atoms with E-state index in [2.05, 4.69) is 28.3 Å². The highest BCUT2D eigenvalue weighted by Crippen LogP contribution is 2.27. The number of benzene rings is 2. The van der Waals surface area contributed by atoms with Gasteiger partial charge < -0.3 is 4.98 Å². The van der Waals surface area contributed by atoms with E-state index in [1.54, 1.807) is 6.20 Å². The van der Waals surface area contributed by atoms with E-state index >= 15 is 0 Å². The van der Waals surface area contributed by atoms with E-state index in [0.717, 1.165) is 34.0 Å². The van der Waals surface area contributed by atoms with E-state index < -0.39 is 6.04 Å². The number of hydrogen-bond acceptors (Lipinski definition) is 3. The Morgan fingerprint density at radius 3 is 2.68 bits per heavy atom. The molecule has 0 aliphatic rings. The van der Waals surface area contributed by atoms with Crippen molar-refractivity contribution in [2.45, 2.75) is 25.9 Å². The highest BCUT2D eigenvalue weighted by molar-refractivity contribution is 6.11. The van der Waals surface area contributed by atoms with Crippen LogP contribution in [0.4, 0.5) is 0 Å². The predicted octanol–water partition coefficient (Wildman–Crippen LogP) is 4.84. The van der Waals surface area contributed by atoms with Crippen LogP contribution in [-0.2, 0) is 13.0 Å². The lowest BCUT2D eigenvalue weighted by Crippen LogP contribution is -2.28. The molecule has 0 saturated heterocycles. The van der Waals surface area contributed by atoms with Gasteiger partial charge in [-0.3, -0.25) is 15.1 Å². The van der Waals surface area contributed by atoms with Gasteiger partial charge in [0.2, 0.25) is 0 Å². The van der Waals surface area contributed by atoms with E-state index in [4.69, 9.17) is 0 Å². The number of para-hydroxylation sites is 1. The summed E-state index contributed by atoms with van der Waals surface area (Å²) in [6, 6.07) is 19.5. The van der Waals surface area contributed by atoms with Crippen molar-refractivity contribution in [2.24, 2.45) is 0 Å². The molecule has 0 spiro atoms. The van der Waals surface area contributed by atoms with Gasteiger partial charge in [0.05, 0.1) is 6.04 Å². The first-order valence-corrected chi connectivity index (χ1v) is 9.58. The lowest BCUT2D eigenvalue weighted by molar-refractivity contribution is 0.0943. The molecule has 140 valence electrons. The number of carbonyl (C=O) groups is 1. The smallest absolute Gasteiger partial charge is 0.186 e. The van der Waals surface area contributed by atoms with Gasteiger partial charge in [0.25, 0.3) is 0 Å². The lowest BCUT2D eigenvalue weighted by Gasteiger charge is -2.18. The number of hydrogen-bond donors (Lipinski definition) is 2. The van der Waals surface area contributed by atoms with E-state index in [1.807, 2.05) is 67.0 Å². The van der Waals surface area contributed by atoms with Gasteiger partial charge in [-0.05, 0) is 29.2 Å². The number of ketones is 1. The molecular formula is C24H23N3O. The first kappa shape index (κ1) is 18.1. The van der Waals surface area contributed by atoms with Crippen LogP contribution in [0.1, 0.15) is 40.0 Å². The Kier molecular flexibility index (Phi) is 5.31. The van der Waals surface area contributed by atoms with Gasteiger partial charge in [0, 0.05) is 41.6 Å². The van der Waals surface area contributed by atoms with Gasteiger partial charge in [-0.15, -0.1) is 0 Å². The zero-order valence-corrected chi connectivity index (χ0v) is 15.9. The highest BCUT2D eigenvalue weighted by atomic mass is 16.1. The summed E-state index contributed by atoms with van der Waals surface area (Å²) in [5.41, 5.74) is 4.99. The Balaban J connectivity index is 1.69. The van der Waals surface area contributed by atoms with Crippen LogP contribution in [0.15, 0.2) is 79.3 Å². The summed E-state index contributed by atoms with van der Waals surface area (Å²) in [7, 11) is 0.